The fraction of sp³-hybridized carbons (Fsp3) is 0.267. The number of hydrogen-bond acceptors (Lipinski definition) is 3. The molecule has 1 aromatic heterocycles. The second kappa shape index (κ2) is 5.19. The molecule has 4 heteroatoms. The van der Waals surface area contributed by atoms with Crippen molar-refractivity contribution in [1.29, 1.82) is 0 Å². The number of pyridine rings is 1. The van der Waals surface area contributed by atoms with Gasteiger partial charge in [-0.3, -0.25) is 4.98 Å². The second-order valence-electron chi connectivity index (χ2n) is 4.80. The molecule has 19 heavy (non-hydrogen) atoms. The van der Waals surface area contributed by atoms with Gasteiger partial charge in [0.1, 0.15) is 11.9 Å². The highest BCUT2D eigenvalue weighted by molar-refractivity contribution is 6.31. The van der Waals surface area contributed by atoms with Gasteiger partial charge in [0.2, 0.25) is 0 Å². The highest BCUT2D eigenvalue weighted by Crippen LogP contribution is 2.30. The van der Waals surface area contributed by atoms with Crippen molar-refractivity contribution in [3.63, 3.8) is 0 Å². The van der Waals surface area contributed by atoms with Crippen molar-refractivity contribution in [2.24, 2.45) is 5.73 Å². The molecule has 3 rings (SSSR count). The maximum atomic E-state index is 6.26. The lowest BCUT2D eigenvalue weighted by Gasteiger charge is -2.19. The normalized spacial score (nSPS) is 18.7. The summed E-state index contributed by atoms with van der Waals surface area (Å²) in [4.78, 5) is 3.98. The van der Waals surface area contributed by atoms with Crippen molar-refractivity contribution in [3.05, 3.63) is 58.9 Å². The van der Waals surface area contributed by atoms with E-state index in [4.69, 9.17) is 22.1 Å². The second-order valence-corrected chi connectivity index (χ2v) is 5.21. The lowest BCUT2D eigenvalue weighted by Crippen LogP contribution is -2.39. The van der Waals surface area contributed by atoms with Crippen LogP contribution in [0.2, 0.25) is 5.02 Å². The predicted molar refractivity (Wildman–Crippen MR) is 75.5 cm³/mol. The van der Waals surface area contributed by atoms with Crippen LogP contribution in [-0.4, -0.2) is 17.1 Å². The number of rotatable bonds is 3. The van der Waals surface area contributed by atoms with Crippen molar-refractivity contribution in [3.8, 4) is 5.75 Å². The zero-order valence-corrected chi connectivity index (χ0v) is 11.2. The summed E-state index contributed by atoms with van der Waals surface area (Å²) in [6.07, 6.45) is 4.95. The minimum Gasteiger partial charge on any atom is -0.488 e. The van der Waals surface area contributed by atoms with Crippen LogP contribution in [0.3, 0.4) is 0 Å². The Morgan fingerprint density at radius 3 is 3.00 bits per heavy atom. The number of nitrogens with zero attached hydrogens (tertiary/aromatic N) is 1. The van der Waals surface area contributed by atoms with E-state index >= 15 is 0 Å². The molecule has 98 valence electrons. The fourth-order valence-corrected chi connectivity index (χ4v) is 2.60. The van der Waals surface area contributed by atoms with Crippen LogP contribution < -0.4 is 10.5 Å². The summed E-state index contributed by atoms with van der Waals surface area (Å²) >= 11 is 6.11. The molecule has 0 aliphatic carbocycles. The van der Waals surface area contributed by atoms with Gasteiger partial charge in [-0.1, -0.05) is 29.8 Å². The number of hydrogen-bond donors (Lipinski definition) is 1. The van der Waals surface area contributed by atoms with Gasteiger partial charge in [0, 0.05) is 24.9 Å². The molecule has 0 saturated carbocycles. The van der Waals surface area contributed by atoms with Crippen LogP contribution in [0, 0.1) is 0 Å². The van der Waals surface area contributed by atoms with Crippen molar-refractivity contribution >= 4 is 11.6 Å². The molecule has 0 spiro atoms. The monoisotopic (exact) mass is 274 g/mol. The number of fused-ring (bicyclic) bond motifs is 1. The Labute approximate surface area is 117 Å². The van der Waals surface area contributed by atoms with E-state index in [0.29, 0.717) is 11.4 Å². The van der Waals surface area contributed by atoms with Crippen LogP contribution in [0.15, 0.2) is 42.7 Å². The van der Waals surface area contributed by atoms with E-state index in [1.807, 2.05) is 24.3 Å². The first-order valence-electron chi connectivity index (χ1n) is 6.32. The molecule has 0 saturated heterocycles. The number of ether oxygens (including phenoxy) is 1. The van der Waals surface area contributed by atoms with Crippen LogP contribution in [0.25, 0.3) is 0 Å². The summed E-state index contributed by atoms with van der Waals surface area (Å²) < 4.78 is 5.90. The Morgan fingerprint density at radius 1 is 1.37 bits per heavy atom. The Kier molecular flexibility index (Phi) is 3.40. The molecule has 2 N–H and O–H groups in total. The van der Waals surface area contributed by atoms with E-state index in [-0.39, 0.29) is 12.1 Å². The van der Waals surface area contributed by atoms with Crippen LogP contribution >= 0.6 is 11.6 Å². The van der Waals surface area contributed by atoms with Crippen LogP contribution in [0.4, 0.5) is 0 Å². The Morgan fingerprint density at radius 2 is 2.21 bits per heavy atom. The molecule has 0 amide bonds. The largest absolute Gasteiger partial charge is 0.488 e. The first-order valence-corrected chi connectivity index (χ1v) is 6.70. The zero-order valence-electron chi connectivity index (χ0n) is 10.4. The minimum atomic E-state index is -0.0766. The average Bonchev–Trinajstić information content (AvgIpc) is 2.85. The third-order valence-electron chi connectivity index (χ3n) is 3.46. The molecular formula is C15H15ClN2O. The molecule has 1 aliphatic rings. The third kappa shape index (κ3) is 2.57. The first-order chi connectivity index (χ1) is 9.24. The van der Waals surface area contributed by atoms with E-state index < -0.39 is 0 Å². The summed E-state index contributed by atoms with van der Waals surface area (Å²) in [6.45, 7) is 0. The molecule has 2 atom stereocenters. The van der Waals surface area contributed by atoms with Gasteiger partial charge in [-0.2, -0.15) is 0 Å². The third-order valence-corrected chi connectivity index (χ3v) is 3.80. The summed E-state index contributed by atoms with van der Waals surface area (Å²) in [5, 5.41) is 0.661. The van der Waals surface area contributed by atoms with Gasteiger partial charge in [0.25, 0.3) is 0 Å². The molecule has 2 unspecified atom stereocenters. The molecule has 1 aliphatic heterocycles. The van der Waals surface area contributed by atoms with Gasteiger partial charge in [-0.05, 0) is 29.7 Å². The van der Waals surface area contributed by atoms with Gasteiger partial charge in [-0.15, -0.1) is 0 Å². The molecule has 1 aromatic carbocycles. The number of nitrogens with two attached hydrogens (primary N) is 1. The first kappa shape index (κ1) is 12.5. The standard InChI is InChI=1S/C15H15ClN2O/c16-12-9-18-6-5-10(12)7-13(17)15-8-11-3-1-2-4-14(11)19-15/h1-6,9,13,15H,7-8,17H2. The maximum absolute atomic E-state index is 6.26. The van der Waals surface area contributed by atoms with Gasteiger partial charge >= 0.3 is 0 Å². The number of benzene rings is 1. The van der Waals surface area contributed by atoms with E-state index in [1.165, 1.54) is 5.56 Å². The molecule has 3 nitrogen and oxygen atoms in total. The van der Waals surface area contributed by atoms with Crippen LogP contribution in [0.1, 0.15) is 11.1 Å². The van der Waals surface area contributed by atoms with Crippen molar-refractivity contribution in [1.82, 2.24) is 4.98 Å². The Balaban J connectivity index is 1.70. The summed E-state index contributed by atoms with van der Waals surface area (Å²) in [5.41, 5.74) is 8.50. The van der Waals surface area contributed by atoms with E-state index in [2.05, 4.69) is 11.1 Å². The van der Waals surface area contributed by atoms with Crippen molar-refractivity contribution < 1.29 is 4.74 Å². The topological polar surface area (TPSA) is 48.1 Å². The van der Waals surface area contributed by atoms with E-state index in [1.54, 1.807) is 12.4 Å². The molecule has 0 fully saturated rings. The molecular weight excluding hydrogens is 260 g/mol. The summed E-state index contributed by atoms with van der Waals surface area (Å²) in [5.74, 6) is 0.948. The van der Waals surface area contributed by atoms with Crippen LogP contribution in [-0.2, 0) is 12.8 Å². The Hall–Kier alpha value is -1.58. The maximum Gasteiger partial charge on any atom is 0.123 e. The molecule has 2 heterocycles. The zero-order chi connectivity index (χ0) is 13.2. The number of halogens is 1. The van der Waals surface area contributed by atoms with Gasteiger partial charge in [0.15, 0.2) is 0 Å². The SMILES string of the molecule is NC(Cc1ccncc1Cl)C1Cc2ccccc2O1. The highest BCUT2D eigenvalue weighted by Gasteiger charge is 2.28. The quantitative estimate of drug-likeness (QED) is 0.936. The fourth-order valence-electron chi connectivity index (χ4n) is 2.40. The summed E-state index contributed by atoms with van der Waals surface area (Å²) in [7, 11) is 0. The number of aromatic nitrogens is 1. The molecule has 0 bridgehead atoms. The predicted octanol–water partition coefficient (Wildman–Crippen LogP) is 2.61. The van der Waals surface area contributed by atoms with Gasteiger partial charge in [0.05, 0.1) is 5.02 Å². The lowest BCUT2D eigenvalue weighted by atomic mass is 9.99. The molecule has 2 aromatic rings. The van der Waals surface area contributed by atoms with Gasteiger partial charge in [-0.25, -0.2) is 0 Å². The van der Waals surface area contributed by atoms with Crippen molar-refractivity contribution in [2.45, 2.75) is 25.0 Å². The Bertz CT molecular complexity index is 563. The number of para-hydroxylation sites is 1. The highest BCUT2D eigenvalue weighted by atomic mass is 35.5. The van der Waals surface area contributed by atoms with Gasteiger partial charge < -0.3 is 10.5 Å². The molecule has 0 radical (unpaired) electrons. The summed E-state index contributed by atoms with van der Waals surface area (Å²) in [6, 6.07) is 9.91. The lowest BCUT2D eigenvalue weighted by molar-refractivity contribution is 0.198. The van der Waals surface area contributed by atoms with Crippen molar-refractivity contribution in [2.75, 3.05) is 0 Å². The van der Waals surface area contributed by atoms with E-state index in [0.717, 1.165) is 17.7 Å². The smallest absolute Gasteiger partial charge is 0.123 e. The average molecular weight is 275 g/mol. The van der Waals surface area contributed by atoms with E-state index in [9.17, 15) is 0 Å². The van der Waals surface area contributed by atoms with Crippen LogP contribution in [0.5, 0.6) is 5.75 Å². The minimum absolute atomic E-state index is 0.0154.